The number of nitrogens with two attached hydrogens (primary N) is 1. The van der Waals surface area contributed by atoms with Crippen LogP contribution in [0.25, 0.3) is 0 Å². The number of aliphatic hydroxyl groups excluding tert-OH is 1. The number of carbonyl (C=O) groups is 1. The summed E-state index contributed by atoms with van der Waals surface area (Å²) < 4.78 is 0. The van der Waals surface area contributed by atoms with E-state index in [0.717, 1.165) is 32.1 Å². The first kappa shape index (κ1) is 40.7. The van der Waals surface area contributed by atoms with Crippen molar-refractivity contribution >= 4 is 11.6 Å². The van der Waals surface area contributed by atoms with Crippen LogP contribution in [0.1, 0.15) is 219 Å². The molecule has 0 aromatic rings. The molecule has 0 aliphatic rings. The molecular weight excluding hydrogens is 516 g/mol. The van der Waals surface area contributed by atoms with E-state index in [1.165, 1.54) is 161 Å². The Morgan fingerprint density at radius 2 is 0.690 bits per heavy atom. The number of aliphatic hydroxyl groups is 1. The fraction of sp³-hybridized carbons (Fsp3) is 0.895. The number of nitrogens with one attached hydrogen (secondary N) is 1. The molecular formula is C38H74N2O2. The Bertz CT molecular complexity index is 643. The molecule has 0 atom stereocenters. The second-order valence-electron chi connectivity index (χ2n) is 13.1. The number of allylic oxidation sites excluding steroid dienone is 1. The van der Waals surface area contributed by atoms with Gasteiger partial charge in [-0.25, -0.2) is 0 Å². The third-order valence-electron chi connectivity index (χ3n) is 8.86. The summed E-state index contributed by atoms with van der Waals surface area (Å²) in [5, 5.41) is 18.4. The highest BCUT2D eigenvalue weighted by atomic mass is 16.3. The smallest absolute Gasteiger partial charge is 0.169 e. The number of ketones is 1. The zero-order valence-electron chi connectivity index (χ0n) is 28.6. The summed E-state index contributed by atoms with van der Waals surface area (Å²) in [5.74, 6) is -0.404. The van der Waals surface area contributed by atoms with Gasteiger partial charge in [0.05, 0.1) is 5.57 Å². The van der Waals surface area contributed by atoms with Crippen molar-refractivity contribution < 1.29 is 9.90 Å². The van der Waals surface area contributed by atoms with Gasteiger partial charge in [-0.2, -0.15) is 0 Å². The molecule has 4 nitrogen and oxygen atoms in total. The van der Waals surface area contributed by atoms with Gasteiger partial charge in [0.25, 0.3) is 0 Å². The van der Waals surface area contributed by atoms with E-state index >= 15 is 0 Å². The van der Waals surface area contributed by atoms with Crippen molar-refractivity contribution in [2.45, 2.75) is 219 Å². The molecule has 0 radical (unpaired) electrons. The number of Topliss-reactive ketones (excluding diaryl/α,β-unsaturated/α-hetero) is 1. The lowest BCUT2D eigenvalue weighted by Gasteiger charge is -2.09. The minimum Gasteiger partial charge on any atom is -0.511 e. The molecule has 0 aromatic heterocycles. The summed E-state index contributed by atoms with van der Waals surface area (Å²) in [6, 6.07) is 0. The Balaban J connectivity index is 3.74. The lowest BCUT2D eigenvalue weighted by atomic mass is 9.99. The number of hydrogen-bond donors (Lipinski definition) is 3. The predicted molar refractivity (Wildman–Crippen MR) is 186 cm³/mol. The molecule has 0 aliphatic heterocycles. The van der Waals surface area contributed by atoms with Crippen LogP contribution >= 0.6 is 0 Å². The highest BCUT2D eigenvalue weighted by Crippen LogP contribution is 2.18. The molecule has 0 amide bonds. The Kier molecular flexibility index (Phi) is 31.6. The van der Waals surface area contributed by atoms with Gasteiger partial charge in [-0.1, -0.05) is 194 Å². The minimum atomic E-state index is -0.278. The Labute approximate surface area is 263 Å². The van der Waals surface area contributed by atoms with Gasteiger partial charge in [0.2, 0.25) is 0 Å². The van der Waals surface area contributed by atoms with Gasteiger partial charge in [-0.3, -0.25) is 10.2 Å². The third kappa shape index (κ3) is 27.5. The number of hydrogen-bond acceptors (Lipinski definition) is 3. The van der Waals surface area contributed by atoms with Crippen molar-refractivity contribution in [2.75, 3.05) is 0 Å². The van der Waals surface area contributed by atoms with Crippen LogP contribution in [0.15, 0.2) is 11.3 Å². The second kappa shape index (κ2) is 32.6. The third-order valence-corrected chi connectivity index (χ3v) is 8.86. The standard InChI is InChI=1S/C38H74N2O2/c1-3-5-7-9-11-13-15-17-19-21-23-25-27-29-31-33-35(41)37(38(39)40)36(42)34-32-30-28-26-24-22-20-18-16-14-12-10-8-6-4-2/h41H,3-34H2,1-2H3,(H3,39,40). The van der Waals surface area contributed by atoms with Crippen LogP contribution in [0, 0.1) is 5.41 Å². The molecule has 0 fully saturated rings. The van der Waals surface area contributed by atoms with E-state index in [1.54, 1.807) is 0 Å². The molecule has 0 rings (SSSR count). The van der Waals surface area contributed by atoms with E-state index in [1.807, 2.05) is 0 Å². The summed E-state index contributed by atoms with van der Waals surface area (Å²) in [4.78, 5) is 12.7. The minimum absolute atomic E-state index is 0.0307. The van der Waals surface area contributed by atoms with Crippen molar-refractivity contribution in [3.8, 4) is 0 Å². The molecule has 0 unspecified atom stereocenters. The van der Waals surface area contributed by atoms with Gasteiger partial charge in [-0.05, 0) is 12.8 Å². The van der Waals surface area contributed by atoms with Gasteiger partial charge >= 0.3 is 0 Å². The predicted octanol–water partition coefficient (Wildman–Crippen LogP) is 12.8. The molecule has 0 heterocycles. The number of rotatable bonds is 34. The summed E-state index contributed by atoms with van der Waals surface area (Å²) in [7, 11) is 0. The van der Waals surface area contributed by atoms with Gasteiger partial charge in [0, 0.05) is 12.8 Å². The van der Waals surface area contributed by atoms with Crippen molar-refractivity contribution in [3.05, 3.63) is 11.3 Å². The average Bonchev–Trinajstić information content (AvgIpc) is 2.97. The molecule has 0 bridgehead atoms. The van der Waals surface area contributed by atoms with Crippen molar-refractivity contribution in [2.24, 2.45) is 5.73 Å². The molecule has 0 spiro atoms. The average molecular weight is 591 g/mol. The Morgan fingerprint density at radius 1 is 0.452 bits per heavy atom. The maximum absolute atomic E-state index is 12.7. The molecule has 0 aromatic carbocycles. The van der Waals surface area contributed by atoms with Crippen LogP contribution in [-0.4, -0.2) is 16.7 Å². The number of unbranched alkanes of at least 4 members (excludes halogenated alkanes) is 28. The van der Waals surface area contributed by atoms with Gasteiger partial charge < -0.3 is 10.8 Å². The van der Waals surface area contributed by atoms with Crippen LogP contribution < -0.4 is 5.73 Å². The van der Waals surface area contributed by atoms with Crippen LogP contribution in [-0.2, 0) is 4.79 Å². The van der Waals surface area contributed by atoms with E-state index < -0.39 is 0 Å². The van der Waals surface area contributed by atoms with E-state index in [-0.39, 0.29) is 23.0 Å². The normalized spacial score (nSPS) is 12.0. The molecule has 4 N–H and O–H groups in total. The molecule has 0 aliphatic carbocycles. The second-order valence-corrected chi connectivity index (χ2v) is 13.1. The summed E-state index contributed by atoms with van der Waals surface area (Å²) >= 11 is 0. The zero-order chi connectivity index (χ0) is 30.9. The van der Waals surface area contributed by atoms with E-state index in [9.17, 15) is 9.90 Å². The van der Waals surface area contributed by atoms with Gasteiger partial charge in [0.15, 0.2) is 5.78 Å². The van der Waals surface area contributed by atoms with Crippen LogP contribution in [0.3, 0.4) is 0 Å². The van der Waals surface area contributed by atoms with E-state index in [2.05, 4.69) is 13.8 Å². The fourth-order valence-electron chi connectivity index (χ4n) is 6.04. The fourth-order valence-corrected chi connectivity index (χ4v) is 6.04. The highest BCUT2D eigenvalue weighted by Gasteiger charge is 2.17. The first-order valence-corrected chi connectivity index (χ1v) is 18.8. The zero-order valence-corrected chi connectivity index (χ0v) is 28.6. The largest absolute Gasteiger partial charge is 0.511 e. The summed E-state index contributed by atoms with van der Waals surface area (Å²) in [5.41, 5.74) is 5.77. The van der Waals surface area contributed by atoms with Crippen LogP contribution in [0.4, 0.5) is 0 Å². The van der Waals surface area contributed by atoms with Crippen LogP contribution in [0.2, 0.25) is 0 Å². The first-order valence-electron chi connectivity index (χ1n) is 18.8. The van der Waals surface area contributed by atoms with Gasteiger partial charge in [0.1, 0.15) is 11.6 Å². The maximum Gasteiger partial charge on any atom is 0.169 e. The molecule has 248 valence electrons. The molecule has 42 heavy (non-hydrogen) atoms. The number of carbonyl (C=O) groups excluding carboxylic acids is 1. The van der Waals surface area contributed by atoms with Gasteiger partial charge in [-0.15, -0.1) is 0 Å². The van der Waals surface area contributed by atoms with Crippen molar-refractivity contribution in [3.63, 3.8) is 0 Å². The first-order chi connectivity index (χ1) is 20.5. The van der Waals surface area contributed by atoms with E-state index in [0.29, 0.717) is 12.8 Å². The van der Waals surface area contributed by atoms with Crippen molar-refractivity contribution in [1.82, 2.24) is 0 Å². The molecule has 4 heteroatoms. The number of amidine groups is 1. The van der Waals surface area contributed by atoms with Crippen molar-refractivity contribution in [1.29, 1.82) is 5.41 Å². The lowest BCUT2D eigenvalue weighted by molar-refractivity contribution is -0.115. The Hall–Kier alpha value is -1.32. The Morgan fingerprint density at radius 3 is 0.952 bits per heavy atom. The van der Waals surface area contributed by atoms with E-state index in [4.69, 9.17) is 11.1 Å². The summed E-state index contributed by atoms with van der Waals surface area (Å²) in [6.07, 6.45) is 39.7. The van der Waals surface area contributed by atoms with Crippen LogP contribution in [0.5, 0.6) is 0 Å². The quantitative estimate of drug-likeness (QED) is 0.0229. The SMILES string of the molecule is CCCCCCCCCCCCCCCCCC(=O)C(C(=N)N)=C(O)CCCCCCCCCCCCCCCCC. The topological polar surface area (TPSA) is 87.2 Å². The molecule has 0 saturated heterocycles. The maximum atomic E-state index is 12.7. The highest BCUT2D eigenvalue weighted by molar-refractivity contribution is 6.20. The molecule has 0 saturated carbocycles. The summed E-state index contributed by atoms with van der Waals surface area (Å²) in [6.45, 7) is 4.55. The monoisotopic (exact) mass is 591 g/mol. The lowest BCUT2D eigenvalue weighted by Crippen LogP contribution is -2.22.